The zero-order valence-electron chi connectivity index (χ0n) is 18.6. The van der Waals surface area contributed by atoms with Crippen molar-refractivity contribution in [3.63, 3.8) is 0 Å². The molecule has 0 bridgehead atoms. The quantitative estimate of drug-likeness (QED) is 0.314. The van der Waals surface area contributed by atoms with Gasteiger partial charge in [0.25, 0.3) is 0 Å². The predicted molar refractivity (Wildman–Crippen MR) is 137 cm³/mol. The van der Waals surface area contributed by atoms with Crippen LogP contribution >= 0.6 is 11.8 Å². The normalized spacial score (nSPS) is 11.9. The number of hydrogen-bond acceptors (Lipinski definition) is 5. The third-order valence-corrected chi connectivity index (χ3v) is 6.57. The fourth-order valence-electron chi connectivity index (χ4n) is 3.72. The van der Waals surface area contributed by atoms with Crippen LogP contribution in [0.1, 0.15) is 12.5 Å². The summed E-state index contributed by atoms with van der Waals surface area (Å²) in [7, 11) is 0. The molecule has 6 nitrogen and oxygen atoms in total. The van der Waals surface area contributed by atoms with E-state index in [0.29, 0.717) is 11.7 Å². The number of anilines is 1. The van der Waals surface area contributed by atoms with E-state index in [1.165, 1.54) is 11.8 Å². The first-order valence-corrected chi connectivity index (χ1v) is 11.9. The van der Waals surface area contributed by atoms with Gasteiger partial charge in [-0.05, 0) is 47.5 Å². The lowest BCUT2D eigenvalue weighted by atomic mass is 10.1. The van der Waals surface area contributed by atoms with Crippen molar-refractivity contribution in [3.8, 4) is 11.4 Å². The standard InChI is InChI=1S/C27H23N5OS/c1-19(26(33)29-24-14-13-21-10-5-6-11-22(21)16-24)34-27-31-30-25(23-12-7-15-28-17-23)32(27)18-20-8-3-2-4-9-20/h2-17,19H,18H2,1H3,(H,29,33). The van der Waals surface area contributed by atoms with Gasteiger partial charge in [-0.2, -0.15) is 0 Å². The molecule has 7 heteroatoms. The van der Waals surface area contributed by atoms with Crippen LogP contribution in [0.4, 0.5) is 5.69 Å². The van der Waals surface area contributed by atoms with Crippen LogP contribution in [0, 0.1) is 0 Å². The maximum atomic E-state index is 13.0. The van der Waals surface area contributed by atoms with Gasteiger partial charge in [0.1, 0.15) is 0 Å². The molecule has 0 aliphatic heterocycles. The second-order valence-corrected chi connectivity index (χ2v) is 9.24. The maximum Gasteiger partial charge on any atom is 0.237 e. The number of carbonyl (C=O) groups is 1. The Balaban J connectivity index is 1.38. The number of hydrogen-bond donors (Lipinski definition) is 1. The highest BCUT2D eigenvalue weighted by Gasteiger charge is 2.21. The van der Waals surface area contributed by atoms with Crippen LogP contribution in [0.5, 0.6) is 0 Å². The molecule has 0 fully saturated rings. The fraction of sp³-hybridized carbons (Fsp3) is 0.111. The first-order valence-electron chi connectivity index (χ1n) is 11.0. The number of pyridine rings is 1. The SMILES string of the molecule is CC(Sc1nnc(-c2cccnc2)n1Cc1ccccc1)C(=O)Nc1ccc2ccccc2c1. The molecule has 2 aromatic heterocycles. The molecule has 1 N–H and O–H groups in total. The van der Waals surface area contributed by atoms with Crippen LogP contribution in [0.3, 0.4) is 0 Å². The van der Waals surface area contributed by atoms with Crippen molar-refractivity contribution in [2.24, 2.45) is 0 Å². The van der Waals surface area contributed by atoms with E-state index in [0.717, 1.165) is 33.4 Å². The largest absolute Gasteiger partial charge is 0.325 e. The third-order valence-electron chi connectivity index (χ3n) is 5.49. The summed E-state index contributed by atoms with van der Waals surface area (Å²) < 4.78 is 2.04. The summed E-state index contributed by atoms with van der Waals surface area (Å²) >= 11 is 1.39. The van der Waals surface area contributed by atoms with Crippen molar-refractivity contribution in [1.29, 1.82) is 0 Å². The number of aromatic nitrogens is 4. The Bertz CT molecular complexity index is 1420. The van der Waals surface area contributed by atoms with Crippen molar-refractivity contribution < 1.29 is 4.79 Å². The molecule has 1 unspecified atom stereocenters. The Kier molecular flexibility index (Phi) is 6.35. The molecule has 0 radical (unpaired) electrons. The Morgan fingerprint density at radius 1 is 0.941 bits per heavy atom. The van der Waals surface area contributed by atoms with Gasteiger partial charge >= 0.3 is 0 Å². The van der Waals surface area contributed by atoms with E-state index in [1.807, 2.05) is 78.2 Å². The number of fused-ring (bicyclic) bond motifs is 1. The minimum Gasteiger partial charge on any atom is -0.325 e. The van der Waals surface area contributed by atoms with Crippen LogP contribution in [0.2, 0.25) is 0 Å². The van der Waals surface area contributed by atoms with Gasteiger partial charge in [-0.1, -0.05) is 72.4 Å². The minimum absolute atomic E-state index is 0.0857. The Morgan fingerprint density at radius 2 is 1.74 bits per heavy atom. The Hall–Kier alpha value is -3.97. The molecule has 168 valence electrons. The van der Waals surface area contributed by atoms with Gasteiger partial charge in [-0.15, -0.1) is 10.2 Å². The molecule has 0 aliphatic carbocycles. The van der Waals surface area contributed by atoms with Crippen molar-refractivity contribution in [2.45, 2.75) is 23.9 Å². The smallest absolute Gasteiger partial charge is 0.237 e. The van der Waals surface area contributed by atoms with Gasteiger partial charge in [-0.25, -0.2) is 0 Å². The highest BCUT2D eigenvalue weighted by Crippen LogP contribution is 2.28. The van der Waals surface area contributed by atoms with Crippen molar-refractivity contribution in [1.82, 2.24) is 19.7 Å². The summed E-state index contributed by atoms with van der Waals surface area (Å²) in [5.41, 5.74) is 2.78. The summed E-state index contributed by atoms with van der Waals surface area (Å²) in [5.74, 6) is 0.638. The van der Waals surface area contributed by atoms with Crippen LogP contribution in [0.15, 0.2) is 102 Å². The summed E-state index contributed by atoms with van der Waals surface area (Å²) in [6.07, 6.45) is 3.51. The van der Waals surface area contributed by atoms with E-state index in [1.54, 1.807) is 12.4 Å². The van der Waals surface area contributed by atoms with E-state index in [-0.39, 0.29) is 11.2 Å². The zero-order chi connectivity index (χ0) is 23.3. The summed E-state index contributed by atoms with van der Waals surface area (Å²) in [4.78, 5) is 17.2. The van der Waals surface area contributed by atoms with Gasteiger partial charge < -0.3 is 5.32 Å². The second kappa shape index (κ2) is 9.89. The molecule has 5 rings (SSSR count). The van der Waals surface area contributed by atoms with Crippen molar-refractivity contribution in [2.75, 3.05) is 5.32 Å². The monoisotopic (exact) mass is 465 g/mol. The number of thioether (sulfide) groups is 1. The predicted octanol–water partition coefficient (Wildman–Crippen LogP) is 5.66. The molecule has 5 aromatic rings. The van der Waals surface area contributed by atoms with E-state index < -0.39 is 0 Å². The van der Waals surface area contributed by atoms with E-state index in [2.05, 4.69) is 38.7 Å². The molecule has 2 heterocycles. The first-order chi connectivity index (χ1) is 16.7. The number of benzene rings is 3. The molecular weight excluding hydrogens is 442 g/mol. The first kappa shape index (κ1) is 21.9. The molecular formula is C27H23N5OS. The molecule has 0 aliphatic rings. The fourth-order valence-corrected chi connectivity index (χ4v) is 4.56. The molecule has 0 saturated carbocycles. The van der Waals surface area contributed by atoms with Crippen molar-refractivity contribution in [3.05, 3.63) is 103 Å². The highest BCUT2D eigenvalue weighted by molar-refractivity contribution is 8.00. The van der Waals surface area contributed by atoms with Crippen LogP contribution in [0.25, 0.3) is 22.2 Å². The Morgan fingerprint density at radius 3 is 2.53 bits per heavy atom. The molecule has 1 atom stereocenters. The summed E-state index contributed by atoms with van der Waals surface area (Å²) in [6, 6.07) is 28.0. The Labute approximate surface area is 202 Å². The van der Waals surface area contributed by atoms with Crippen LogP contribution in [-0.4, -0.2) is 30.9 Å². The molecule has 1 amide bonds. The lowest BCUT2D eigenvalue weighted by molar-refractivity contribution is -0.115. The lowest BCUT2D eigenvalue weighted by Crippen LogP contribution is -2.23. The van der Waals surface area contributed by atoms with Gasteiger partial charge in [0.2, 0.25) is 5.91 Å². The number of amides is 1. The topological polar surface area (TPSA) is 72.7 Å². The summed E-state index contributed by atoms with van der Waals surface area (Å²) in [5, 5.41) is 14.4. The maximum absolute atomic E-state index is 13.0. The van der Waals surface area contributed by atoms with Gasteiger partial charge in [0.15, 0.2) is 11.0 Å². The van der Waals surface area contributed by atoms with Gasteiger partial charge in [0, 0.05) is 23.6 Å². The van der Waals surface area contributed by atoms with Gasteiger partial charge in [-0.3, -0.25) is 14.3 Å². The van der Waals surface area contributed by atoms with Gasteiger partial charge in [0.05, 0.1) is 11.8 Å². The second-order valence-electron chi connectivity index (χ2n) is 7.93. The number of nitrogens with one attached hydrogen (secondary N) is 1. The number of carbonyl (C=O) groups excluding carboxylic acids is 1. The third kappa shape index (κ3) is 4.84. The van der Waals surface area contributed by atoms with E-state index in [9.17, 15) is 4.79 Å². The van der Waals surface area contributed by atoms with E-state index >= 15 is 0 Å². The zero-order valence-corrected chi connectivity index (χ0v) is 19.4. The molecule has 34 heavy (non-hydrogen) atoms. The average Bonchev–Trinajstić information content (AvgIpc) is 3.26. The molecule has 3 aromatic carbocycles. The average molecular weight is 466 g/mol. The number of rotatable bonds is 7. The van der Waals surface area contributed by atoms with Crippen LogP contribution in [-0.2, 0) is 11.3 Å². The number of nitrogens with zero attached hydrogens (tertiary/aromatic N) is 4. The lowest BCUT2D eigenvalue weighted by Gasteiger charge is -2.14. The highest BCUT2D eigenvalue weighted by atomic mass is 32.2. The van der Waals surface area contributed by atoms with E-state index in [4.69, 9.17) is 0 Å². The molecule has 0 saturated heterocycles. The summed E-state index contributed by atoms with van der Waals surface area (Å²) in [6.45, 7) is 2.48. The molecule has 0 spiro atoms. The van der Waals surface area contributed by atoms with Crippen LogP contribution < -0.4 is 5.32 Å². The minimum atomic E-state index is -0.369. The van der Waals surface area contributed by atoms with Crippen molar-refractivity contribution >= 4 is 34.1 Å².